The van der Waals surface area contributed by atoms with Gasteiger partial charge in [0, 0.05) is 18.2 Å². The first-order chi connectivity index (χ1) is 11.1. The van der Waals surface area contributed by atoms with Crippen LogP contribution in [0.2, 0.25) is 0 Å². The van der Waals surface area contributed by atoms with E-state index in [4.69, 9.17) is 4.74 Å². The summed E-state index contributed by atoms with van der Waals surface area (Å²) in [4.78, 5) is 23.9. The maximum absolute atomic E-state index is 12.2. The average Bonchev–Trinajstić information content (AvgIpc) is 3.41. The van der Waals surface area contributed by atoms with Gasteiger partial charge in [-0.15, -0.1) is 12.4 Å². The SMILES string of the molecule is CC(NC(=O)C1COCCN1)c1ccc(NC(=O)C2CC2)cc1.Cl. The molecule has 0 radical (unpaired) electrons. The van der Waals surface area contributed by atoms with Gasteiger partial charge in [0.1, 0.15) is 6.04 Å². The number of nitrogens with one attached hydrogen (secondary N) is 3. The van der Waals surface area contributed by atoms with Crippen LogP contribution in [-0.2, 0) is 14.3 Å². The molecule has 2 fully saturated rings. The van der Waals surface area contributed by atoms with Gasteiger partial charge in [0.15, 0.2) is 0 Å². The summed E-state index contributed by atoms with van der Waals surface area (Å²) in [5.74, 6) is 0.240. The predicted octanol–water partition coefficient (Wildman–Crippen LogP) is 1.62. The van der Waals surface area contributed by atoms with Crippen LogP contribution in [0.15, 0.2) is 24.3 Å². The second-order valence-corrected chi connectivity index (χ2v) is 6.20. The number of rotatable bonds is 5. The third kappa shape index (κ3) is 4.93. The van der Waals surface area contributed by atoms with Gasteiger partial charge in [-0.05, 0) is 37.5 Å². The highest BCUT2D eigenvalue weighted by Crippen LogP contribution is 2.30. The minimum atomic E-state index is -0.289. The lowest BCUT2D eigenvalue weighted by Gasteiger charge is -2.25. The van der Waals surface area contributed by atoms with E-state index in [2.05, 4.69) is 16.0 Å². The van der Waals surface area contributed by atoms with Crippen LogP contribution in [0.25, 0.3) is 0 Å². The number of amides is 2. The van der Waals surface area contributed by atoms with E-state index in [1.807, 2.05) is 31.2 Å². The number of carbonyl (C=O) groups is 2. The van der Waals surface area contributed by atoms with Crippen molar-refractivity contribution in [2.75, 3.05) is 25.1 Å². The molecule has 0 bridgehead atoms. The van der Waals surface area contributed by atoms with Crippen LogP contribution in [0.3, 0.4) is 0 Å². The van der Waals surface area contributed by atoms with Crippen molar-refractivity contribution in [3.8, 4) is 0 Å². The third-order valence-electron chi connectivity index (χ3n) is 4.22. The molecule has 132 valence electrons. The number of benzene rings is 1. The molecule has 3 N–H and O–H groups in total. The number of halogens is 1. The van der Waals surface area contributed by atoms with Crippen molar-refractivity contribution in [2.45, 2.75) is 31.8 Å². The molecule has 1 heterocycles. The van der Waals surface area contributed by atoms with E-state index in [0.717, 1.165) is 24.1 Å². The lowest BCUT2D eigenvalue weighted by Crippen LogP contribution is -2.51. The quantitative estimate of drug-likeness (QED) is 0.751. The molecule has 6 nitrogen and oxygen atoms in total. The van der Waals surface area contributed by atoms with Crippen molar-refractivity contribution in [2.24, 2.45) is 5.92 Å². The molecule has 0 spiro atoms. The first kappa shape index (κ1) is 18.7. The number of hydrogen-bond acceptors (Lipinski definition) is 4. The van der Waals surface area contributed by atoms with Crippen LogP contribution in [0.4, 0.5) is 5.69 Å². The molecule has 2 amide bonds. The van der Waals surface area contributed by atoms with Crippen molar-refractivity contribution >= 4 is 29.9 Å². The van der Waals surface area contributed by atoms with E-state index in [9.17, 15) is 9.59 Å². The minimum Gasteiger partial charge on any atom is -0.378 e. The molecule has 0 aromatic heterocycles. The highest BCUT2D eigenvalue weighted by atomic mass is 35.5. The standard InChI is InChI=1S/C17H23N3O3.ClH/c1-11(19-17(22)15-10-23-9-8-18-15)12-4-6-14(7-5-12)20-16(21)13-2-3-13;/h4-7,11,13,15,18H,2-3,8-10H2,1H3,(H,19,22)(H,20,21);1H. The van der Waals surface area contributed by atoms with E-state index >= 15 is 0 Å². The van der Waals surface area contributed by atoms with Crippen molar-refractivity contribution in [1.29, 1.82) is 0 Å². The number of hydrogen-bond donors (Lipinski definition) is 3. The van der Waals surface area contributed by atoms with Crippen LogP contribution in [0.5, 0.6) is 0 Å². The number of ether oxygens (including phenoxy) is 1. The Kier molecular flexibility index (Phi) is 6.60. The van der Waals surface area contributed by atoms with E-state index in [-0.39, 0.29) is 42.2 Å². The Hall–Kier alpha value is -1.63. The van der Waals surface area contributed by atoms with Gasteiger partial charge in [0.2, 0.25) is 11.8 Å². The fraction of sp³-hybridized carbons (Fsp3) is 0.529. The zero-order chi connectivity index (χ0) is 16.2. The summed E-state index contributed by atoms with van der Waals surface area (Å²) >= 11 is 0. The fourth-order valence-corrected chi connectivity index (χ4v) is 2.58. The summed E-state index contributed by atoms with van der Waals surface area (Å²) in [6, 6.07) is 7.22. The van der Waals surface area contributed by atoms with Crippen molar-refractivity contribution in [1.82, 2.24) is 10.6 Å². The second-order valence-electron chi connectivity index (χ2n) is 6.20. The van der Waals surface area contributed by atoms with E-state index < -0.39 is 0 Å². The van der Waals surface area contributed by atoms with Gasteiger partial charge in [0.05, 0.1) is 19.3 Å². The fourth-order valence-electron chi connectivity index (χ4n) is 2.58. The smallest absolute Gasteiger partial charge is 0.240 e. The zero-order valence-electron chi connectivity index (χ0n) is 13.7. The average molecular weight is 354 g/mol. The molecular weight excluding hydrogens is 330 g/mol. The molecule has 7 heteroatoms. The van der Waals surface area contributed by atoms with E-state index in [0.29, 0.717) is 19.8 Å². The molecule has 1 aromatic rings. The number of carbonyl (C=O) groups excluding carboxylic acids is 2. The molecule has 1 aliphatic carbocycles. The van der Waals surface area contributed by atoms with E-state index in [1.54, 1.807) is 0 Å². The zero-order valence-corrected chi connectivity index (χ0v) is 14.5. The van der Waals surface area contributed by atoms with Crippen LogP contribution >= 0.6 is 12.4 Å². The van der Waals surface area contributed by atoms with Gasteiger partial charge < -0.3 is 20.7 Å². The number of morpholine rings is 1. The van der Waals surface area contributed by atoms with Crippen LogP contribution in [0.1, 0.15) is 31.4 Å². The Balaban J connectivity index is 0.00000208. The Labute approximate surface area is 148 Å². The van der Waals surface area contributed by atoms with Gasteiger partial charge in [-0.2, -0.15) is 0 Å². The molecule has 2 aliphatic rings. The van der Waals surface area contributed by atoms with Crippen LogP contribution in [0, 0.1) is 5.92 Å². The van der Waals surface area contributed by atoms with E-state index in [1.165, 1.54) is 0 Å². The van der Waals surface area contributed by atoms with Gasteiger partial charge in [-0.3, -0.25) is 9.59 Å². The van der Waals surface area contributed by atoms with Crippen LogP contribution < -0.4 is 16.0 Å². The van der Waals surface area contributed by atoms with Crippen molar-refractivity contribution < 1.29 is 14.3 Å². The molecule has 1 aromatic carbocycles. The first-order valence-electron chi connectivity index (χ1n) is 8.16. The summed E-state index contributed by atoms with van der Waals surface area (Å²) in [6.07, 6.45) is 1.98. The summed E-state index contributed by atoms with van der Waals surface area (Å²) in [6.45, 7) is 3.69. The van der Waals surface area contributed by atoms with Gasteiger partial charge in [-0.1, -0.05) is 12.1 Å². The summed E-state index contributed by atoms with van der Waals surface area (Å²) < 4.78 is 5.30. The third-order valence-corrected chi connectivity index (χ3v) is 4.22. The largest absolute Gasteiger partial charge is 0.378 e. The van der Waals surface area contributed by atoms with Gasteiger partial charge >= 0.3 is 0 Å². The topological polar surface area (TPSA) is 79.5 Å². The molecule has 1 saturated heterocycles. The van der Waals surface area contributed by atoms with Crippen LogP contribution in [-0.4, -0.2) is 37.6 Å². The summed E-state index contributed by atoms with van der Waals surface area (Å²) in [5, 5.41) is 9.03. The molecule has 2 atom stereocenters. The first-order valence-corrected chi connectivity index (χ1v) is 8.16. The molecule has 24 heavy (non-hydrogen) atoms. The normalized spacial score (nSPS) is 21.3. The minimum absolute atomic E-state index is 0. The highest BCUT2D eigenvalue weighted by molar-refractivity contribution is 5.94. The summed E-state index contributed by atoms with van der Waals surface area (Å²) in [7, 11) is 0. The Morgan fingerprint density at radius 3 is 2.50 bits per heavy atom. The molecule has 3 rings (SSSR count). The Morgan fingerprint density at radius 1 is 1.21 bits per heavy atom. The Morgan fingerprint density at radius 2 is 1.92 bits per heavy atom. The summed E-state index contributed by atoms with van der Waals surface area (Å²) in [5.41, 5.74) is 1.80. The second kappa shape index (κ2) is 8.46. The molecule has 2 unspecified atom stereocenters. The molecular formula is C17H24ClN3O3. The van der Waals surface area contributed by atoms with Gasteiger partial charge in [0.25, 0.3) is 0 Å². The Bertz CT molecular complexity index is 569. The highest BCUT2D eigenvalue weighted by Gasteiger charge is 2.29. The lowest BCUT2D eigenvalue weighted by atomic mass is 10.1. The molecule has 1 saturated carbocycles. The lowest BCUT2D eigenvalue weighted by molar-refractivity contribution is -0.126. The predicted molar refractivity (Wildman–Crippen MR) is 94.2 cm³/mol. The van der Waals surface area contributed by atoms with Crippen molar-refractivity contribution in [3.63, 3.8) is 0 Å². The van der Waals surface area contributed by atoms with Crippen molar-refractivity contribution in [3.05, 3.63) is 29.8 Å². The molecule has 1 aliphatic heterocycles. The maximum Gasteiger partial charge on any atom is 0.240 e. The monoisotopic (exact) mass is 353 g/mol. The maximum atomic E-state index is 12.2. The van der Waals surface area contributed by atoms with Gasteiger partial charge in [-0.25, -0.2) is 0 Å². The number of anilines is 1.